The van der Waals surface area contributed by atoms with Crippen LogP contribution in [0.3, 0.4) is 0 Å². The van der Waals surface area contributed by atoms with Crippen LogP contribution in [0.2, 0.25) is 0 Å². The van der Waals surface area contributed by atoms with Crippen molar-refractivity contribution in [2.45, 2.75) is 26.2 Å². The van der Waals surface area contributed by atoms with E-state index >= 15 is 0 Å². The third-order valence-corrected chi connectivity index (χ3v) is 3.42. The molecule has 0 saturated heterocycles. The Hall–Kier alpha value is -1.62. The lowest BCUT2D eigenvalue weighted by Gasteiger charge is -2.08. The highest BCUT2D eigenvalue weighted by molar-refractivity contribution is 7.16. The summed E-state index contributed by atoms with van der Waals surface area (Å²) in [5, 5.41) is 6.21. The SMILES string of the molecule is C=CCCCOc1nc(NCCC)nc2sccc12. The summed E-state index contributed by atoms with van der Waals surface area (Å²) in [6.45, 7) is 7.34. The van der Waals surface area contributed by atoms with Crippen molar-refractivity contribution >= 4 is 27.5 Å². The maximum atomic E-state index is 5.77. The Morgan fingerprint density at radius 1 is 1.47 bits per heavy atom. The Morgan fingerprint density at radius 3 is 3.16 bits per heavy atom. The number of allylic oxidation sites excluding steroid dienone is 1. The highest BCUT2D eigenvalue weighted by atomic mass is 32.1. The summed E-state index contributed by atoms with van der Waals surface area (Å²) in [5.74, 6) is 1.32. The molecular formula is C14H19N3OS. The molecule has 0 atom stereocenters. The Bertz CT molecular complexity index is 538. The monoisotopic (exact) mass is 277 g/mol. The lowest BCUT2D eigenvalue weighted by atomic mass is 10.3. The number of thiophene rings is 1. The Morgan fingerprint density at radius 2 is 2.37 bits per heavy atom. The lowest BCUT2D eigenvalue weighted by molar-refractivity contribution is 0.304. The Labute approximate surface area is 117 Å². The summed E-state index contributed by atoms with van der Waals surface area (Å²) >= 11 is 1.61. The molecule has 0 aliphatic carbocycles. The molecule has 0 amide bonds. The van der Waals surface area contributed by atoms with Crippen molar-refractivity contribution in [3.63, 3.8) is 0 Å². The molecule has 0 aliphatic rings. The van der Waals surface area contributed by atoms with Crippen molar-refractivity contribution in [3.8, 4) is 5.88 Å². The van der Waals surface area contributed by atoms with Crippen LogP contribution in [0.15, 0.2) is 24.1 Å². The number of nitrogens with zero attached hydrogens (tertiary/aromatic N) is 2. The number of hydrogen-bond acceptors (Lipinski definition) is 5. The van der Waals surface area contributed by atoms with Crippen molar-refractivity contribution in [2.75, 3.05) is 18.5 Å². The third-order valence-electron chi connectivity index (χ3n) is 2.61. The molecule has 2 aromatic heterocycles. The number of hydrogen-bond donors (Lipinski definition) is 1. The Balaban J connectivity index is 2.14. The highest BCUT2D eigenvalue weighted by Gasteiger charge is 2.09. The van der Waals surface area contributed by atoms with Gasteiger partial charge in [-0.2, -0.15) is 4.98 Å². The van der Waals surface area contributed by atoms with Gasteiger partial charge >= 0.3 is 0 Å². The maximum absolute atomic E-state index is 5.77. The maximum Gasteiger partial charge on any atom is 0.227 e. The fourth-order valence-corrected chi connectivity index (χ4v) is 2.41. The lowest BCUT2D eigenvalue weighted by Crippen LogP contribution is -2.06. The van der Waals surface area contributed by atoms with Gasteiger partial charge in [-0.15, -0.1) is 17.9 Å². The van der Waals surface area contributed by atoms with Crippen molar-refractivity contribution in [2.24, 2.45) is 0 Å². The van der Waals surface area contributed by atoms with E-state index < -0.39 is 0 Å². The van der Waals surface area contributed by atoms with Crippen molar-refractivity contribution in [1.82, 2.24) is 9.97 Å². The summed E-state index contributed by atoms with van der Waals surface area (Å²) in [6, 6.07) is 2.01. The minimum absolute atomic E-state index is 0.649. The quantitative estimate of drug-likeness (QED) is 0.588. The summed E-state index contributed by atoms with van der Waals surface area (Å²) < 4.78 is 5.77. The zero-order valence-electron chi connectivity index (χ0n) is 11.2. The molecule has 2 rings (SSSR count). The summed E-state index contributed by atoms with van der Waals surface area (Å²) in [5.41, 5.74) is 0. The summed E-state index contributed by atoms with van der Waals surface area (Å²) in [7, 11) is 0. The fourth-order valence-electron chi connectivity index (χ4n) is 1.65. The molecule has 1 N–H and O–H groups in total. The van der Waals surface area contributed by atoms with Gasteiger partial charge < -0.3 is 10.1 Å². The van der Waals surface area contributed by atoms with Gasteiger partial charge in [-0.1, -0.05) is 13.0 Å². The molecule has 0 saturated carbocycles. The number of nitrogens with one attached hydrogen (secondary N) is 1. The van der Waals surface area contributed by atoms with E-state index in [1.54, 1.807) is 11.3 Å². The predicted molar refractivity (Wildman–Crippen MR) is 81.1 cm³/mol. The molecule has 0 bridgehead atoms. The van der Waals surface area contributed by atoms with Crippen LogP contribution in [0.1, 0.15) is 26.2 Å². The van der Waals surface area contributed by atoms with Gasteiger partial charge in [-0.05, 0) is 30.7 Å². The van der Waals surface area contributed by atoms with E-state index in [4.69, 9.17) is 4.74 Å². The molecule has 0 aliphatic heterocycles. The molecule has 102 valence electrons. The van der Waals surface area contributed by atoms with Gasteiger partial charge in [0.05, 0.1) is 12.0 Å². The van der Waals surface area contributed by atoms with Gasteiger partial charge in [-0.3, -0.25) is 0 Å². The van der Waals surface area contributed by atoms with Crippen LogP contribution in [0.4, 0.5) is 5.95 Å². The predicted octanol–water partition coefficient (Wildman–Crippen LogP) is 3.86. The van der Waals surface area contributed by atoms with E-state index in [-0.39, 0.29) is 0 Å². The summed E-state index contributed by atoms with van der Waals surface area (Å²) in [6.07, 6.45) is 4.86. The topological polar surface area (TPSA) is 47.0 Å². The highest BCUT2D eigenvalue weighted by Crippen LogP contribution is 2.28. The van der Waals surface area contributed by atoms with Crippen LogP contribution >= 0.6 is 11.3 Å². The standard InChI is InChI=1S/C14H19N3OS/c1-3-5-6-9-18-12-11-7-10-19-13(11)17-14(16-12)15-8-4-2/h3,7,10H,1,4-6,8-9H2,2H3,(H,15,16,17). The van der Waals surface area contributed by atoms with Gasteiger partial charge in [0.2, 0.25) is 11.8 Å². The smallest absolute Gasteiger partial charge is 0.227 e. The van der Waals surface area contributed by atoms with E-state index in [0.29, 0.717) is 18.4 Å². The molecule has 2 heterocycles. The number of rotatable bonds is 8. The fraction of sp³-hybridized carbons (Fsp3) is 0.429. The zero-order valence-corrected chi connectivity index (χ0v) is 12.0. The van der Waals surface area contributed by atoms with Gasteiger partial charge in [0.25, 0.3) is 0 Å². The number of anilines is 1. The van der Waals surface area contributed by atoms with Crippen molar-refractivity contribution < 1.29 is 4.74 Å². The van der Waals surface area contributed by atoms with Gasteiger partial charge in [0, 0.05) is 6.54 Å². The zero-order chi connectivity index (χ0) is 13.5. The molecule has 0 aromatic carbocycles. The number of aromatic nitrogens is 2. The first-order valence-electron chi connectivity index (χ1n) is 6.58. The van der Waals surface area contributed by atoms with E-state index in [1.165, 1.54) is 0 Å². The molecule has 19 heavy (non-hydrogen) atoms. The van der Waals surface area contributed by atoms with E-state index in [9.17, 15) is 0 Å². The first-order chi connectivity index (χ1) is 9.35. The molecular weight excluding hydrogens is 258 g/mol. The van der Waals surface area contributed by atoms with Crippen molar-refractivity contribution in [1.29, 1.82) is 0 Å². The van der Waals surface area contributed by atoms with Crippen LogP contribution in [-0.2, 0) is 0 Å². The summed E-state index contributed by atoms with van der Waals surface area (Å²) in [4.78, 5) is 9.89. The van der Waals surface area contributed by atoms with Crippen LogP contribution in [0.25, 0.3) is 10.2 Å². The first-order valence-corrected chi connectivity index (χ1v) is 7.46. The molecule has 4 nitrogen and oxygen atoms in total. The second-order valence-corrected chi connectivity index (χ2v) is 5.09. The van der Waals surface area contributed by atoms with Gasteiger partial charge in [-0.25, -0.2) is 4.98 Å². The number of fused-ring (bicyclic) bond motifs is 1. The van der Waals surface area contributed by atoms with Crippen LogP contribution in [0.5, 0.6) is 5.88 Å². The second kappa shape index (κ2) is 7.09. The molecule has 0 fully saturated rings. The molecule has 2 aromatic rings. The van der Waals surface area contributed by atoms with Crippen LogP contribution < -0.4 is 10.1 Å². The average Bonchev–Trinajstić information content (AvgIpc) is 2.89. The van der Waals surface area contributed by atoms with Crippen molar-refractivity contribution in [3.05, 3.63) is 24.1 Å². The minimum Gasteiger partial charge on any atom is -0.477 e. The van der Waals surface area contributed by atoms with E-state index in [2.05, 4.69) is 28.8 Å². The molecule has 0 unspecified atom stereocenters. The molecule has 5 heteroatoms. The average molecular weight is 277 g/mol. The Kier molecular flexibility index (Phi) is 5.15. The third kappa shape index (κ3) is 3.67. The molecule has 0 spiro atoms. The molecule has 0 radical (unpaired) electrons. The number of unbranched alkanes of at least 4 members (excludes halogenated alkanes) is 1. The largest absolute Gasteiger partial charge is 0.477 e. The van der Waals surface area contributed by atoms with E-state index in [1.807, 2.05) is 17.5 Å². The van der Waals surface area contributed by atoms with Crippen LogP contribution in [0, 0.1) is 0 Å². The van der Waals surface area contributed by atoms with E-state index in [0.717, 1.165) is 36.0 Å². The number of ether oxygens (including phenoxy) is 1. The van der Waals surface area contributed by atoms with Crippen LogP contribution in [-0.4, -0.2) is 23.1 Å². The minimum atomic E-state index is 0.649. The van der Waals surface area contributed by atoms with Gasteiger partial charge in [0.15, 0.2) is 0 Å². The normalized spacial score (nSPS) is 10.6. The van der Waals surface area contributed by atoms with Gasteiger partial charge in [0.1, 0.15) is 4.83 Å². The first kappa shape index (κ1) is 13.8. The second-order valence-electron chi connectivity index (χ2n) is 4.20.